The Kier molecular flexibility index (Phi) is 3.89. The van der Waals surface area contributed by atoms with Crippen molar-refractivity contribution in [2.45, 2.75) is 19.3 Å². The number of nitrogens with one attached hydrogen (secondary N) is 1. The van der Waals surface area contributed by atoms with Gasteiger partial charge in [0.05, 0.1) is 22.6 Å². The Bertz CT molecular complexity index is 748. The van der Waals surface area contributed by atoms with Crippen LogP contribution < -0.4 is 11.5 Å². The Hall–Kier alpha value is -1.93. The molecule has 7 nitrogen and oxygen atoms in total. The van der Waals surface area contributed by atoms with Crippen molar-refractivity contribution < 1.29 is 0 Å². The summed E-state index contributed by atoms with van der Waals surface area (Å²) in [4.78, 5) is 4.71. The summed E-state index contributed by atoms with van der Waals surface area (Å²) >= 11 is 3.51. The highest BCUT2D eigenvalue weighted by molar-refractivity contribution is 9.10. The van der Waals surface area contributed by atoms with Crippen molar-refractivity contribution in [3.63, 3.8) is 0 Å². The molecular formula is C13H16BrN7. The van der Waals surface area contributed by atoms with Crippen LogP contribution in [0.5, 0.6) is 0 Å². The number of unbranched alkanes of at least 4 members (excludes halogenated alkanes) is 1. The minimum absolute atomic E-state index is 0.553. The molecule has 3 heterocycles. The van der Waals surface area contributed by atoms with E-state index in [4.69, 9.17) is 16.5 Å². The lowest BCUT2D eigenvalue weighted by Crippen LogP contribution is -2.06. The third kappa shape index (κ3) is 2.52. The Morgan fingerprint density at radius 1 is 1.29 bits per heavy atom. The van der Waals surface area contributed by atoms with Crippen LogP contribution in [-0.2, 0) is 6.42 Å². The van der Waals surface area contributed by atoms with E-state index in [1.54, 1.807) is 16.9 Å². The number of aromatic amines is 1. The molecule has 0 spiro atoms. The fourth-order valence-corrected chi connectivity index (χ4v) is 2.70. The fourth-order valence-electron chi connectivity index (χ4n) is 2.25. The third-order valence-electron chi connectivity index (χ3n) is 3.37. The molecule has 0 atom stereocenters. The first-order valence-corrected chi connectivity index (χ1v) is 7.52. The standard InChI is InChI=1S/C13H16BrN7/c14-11-10(3-1-2-4-15)20-13-9(8-5-17-18-6-8)7-19-21(13)12(11)16/h5-7H,1-4,15-16H2,(H,17,18). The largest absolute Gasteiger partial charge is 0.383 e. The molecule has 0 saturated carbocycles. The molecule has 110 valence electrons. The maximum Gasteiger partial charge on any atom is 0.165 e. The quantitative estimate of drug-likeness (QED) is 0.607. The molecule has 0 aliphatic heterocycles. The molecule has 0 fully saturated rings. The van der Waals surface area contributed by atoms with Gasteiger partial charge in [-0.05, 0) is 41.7 Å². The van der Waals surface area contributed by atoms with Crippen molar-refractivity contribution >= 4 is 27.4 Å². The molecule has 0 unspecified atom stereocenters. The maximum absolute atomic E-state index is 6.16. The van der Waals surface area contributed by atoms with Crippen LogP contribution in [0.4, 0.5) is 5.82 Å². The Balaban J connectivity index is 2.09. The second kappa shape index (κ2) is 5.82. The lowest BCUT2D eigenvalue weighted by Gasteiger charge is -2.08. The molecule has 3 aromatic rings. The van der Waals surface area contributed by atoms with Gasteiger partial charge in [0.15, 0.2) is 5.65 Å². The minimum Gasteiger partial charge on any atom is -0.383 e. The van der Waals surface area contributed by atoms with Gasteiger partial charge < -0.3 is 11.5 Å². The predicted octanol–water partition coefficient (Wildman–Crippen LogP) is 1.75. The normalized spacial score (nSPS) is 11.3. The Labute approximate surface area is 129 Å². The highest BCUT2D eigenvalue weighted by atomic mass is 79.9. The molecule has 0 bridgehead atoms. The van der Waals surface area contributed by atoms with Crippen molar-refractivity contribution in [2.75, 3.05) is 12.3 Å². The van der Waals surface area contributed by atoms with E-state index in [-0.39, 0.29) is 0 Å². The smallest absolute Gasteiger partial charge is 0.165 e. The number of aromatic nitrogens is 5. The van der Waals surface area contributed by atoms with E-state index in [1.165, 1.54) is 0 Å². The van der Waals surface area contributed by atoms with Crippen LogP contribution in [0.3, 0.4) is 0 Å². The highest BCUT2D eigenvalue weighted by Crippen LogP contribution is 2.29. The number of hydrogen-bond donors (Lipinski definition) is 3. The van der Waals surface area contributed by atoms with E-state index in [0.29, 0.717) is 12.4 Å². The van der Waals surface area contributed by atoms with Crippen molar-refractivity contribution in [1.29, 1.82) is 0 Å². The van der Waals surface area contributed by atoms with Gasteiger partial charge in [-0.25, -0.2) is 4.98 Å². The highest BCUT2D eigenvalue weighted by Gasteiger charge is 2.16. The molecule has 0 amide bonds. The van der Waals surface area contributed by atoms with E-state index < -0.39 is 0 Å². The Morgan fingerprint density at radius 2 is 2.14 bits per heavy atom. The molecule has 21 heavy (non-hydrogen) atoms. The second-order valence-corrected chi connectivity index (χ2v) is 5.58. The predicted molar refractivity (Wildman–Crippen MR) is 84.7 cm³/mol. The zero-order valence-corrected chi connectivity index (χ0v) is 13.0. The topological polar surface area (TPSA) is 111 Å². The van der Waals surface area contributed by atoms with Gasteiger partial charge in [-0.3, -0.25) is 5.10 Å². The van der Waals surface area contributed by atoms with Gasteiger partial charge >= 0.3 is 0 Å². The minimum atomic E-state index is 0.553. The molecule has 0 aliphatic rings. The summed E-state index contributed by atoms with van der Waals surface area (Å²) < 4.78 is 2.44. The first-order valence-electron chi connectivity index (χ1n) is 6.73. The van der Waals surface area contributed by atoms with Crippen LogP contribution in [-0.4, -0.2) is 31.3 Å². The van der Waals surface area contributed by atoms with Crippen LogP contribution in [0.15, 0.2) is 23.1 Å². The molecular weight excluding hydrogens is 334 g/mol. The van der Waals surface area contributed by atoms with Gasteiger partial charge in [-0.2, -0.15) is 14.7 Å². The van der Waals surface area contributed by atoms with Gasteiger partial charge in [0.1, 0.15) is 5.82 Å². The molecule has 0 aliphatic carbocycles. The summed E-state index contributed by atoms with van der Waals surface area (Å²) in [5.41, 5.74) is 15.2. The number of H-pyrrole nitrogens is 1. The first-order chi connectivity index (χ1) is 10.2. The number of aryl methyl sites for hydroxylation is 1. The van der Waals surface area contributed by atoms with E-state index in [2.05, 4.69) is 31.2 Å². The zero-order valence-electron chi connectivity index (χ0n) is 11.4. The van der Waals surface area contributed by atoms with Crippen LogP contribution in [0.25, 0.3) is 16.8 Å². The van der Waals surface area contributed by atoms with Gasteiger partial charge in [0, 0.05) is 17.3 Å². The van der Waals surface area contributed by atoms with E-state index in [0.717, 1.165) is 46.2 Å². The average Bonchev–Trinajstić information content (AvgIpc) is 3.13. The van der Waals surface area contributed by atoms with Crippen molar-refractivity contribution in [3.05, 3.63) is 28.8 Å². The summed E-state index contributed by atoms with van der Waals surface area (Å²) in [6, 6.07) is 0. The molecule has 0 radical (unpaired) electrons. The summed E-state index contributed by atoms with van der Waals surface area (Å²) in [6.07, 6.45) is 8.07. The van der Waals surface area contributed by atoms with Gasteiger partial charge in [0.25, 0.3) is 0 Å². The van der Waals surface area contributed by atoms with E-state index in [1.807, 2.05) is 6.20 Å². The number of hydrogen-bond acceptors (Lipinski definition) is 5. The van der Waals surface area contributed by atoms with Crippen molar-refractivity contribution in [1.82, 2.24) is 24.8 Å². The average molecular weight is 350 g/mol. The number of nitrogens with zero attached hydrogens (tertiary/aromatic N) is 4. The molecule has 0 saturated heterocycles. The van der Waals surface area contributed by atoms with Gasteiger partial charge in [-0.15, -0.1) is 0 Å². The SMILES string of the molecule is NCCCCc1nc2c(-c3cn[nH]c3)cnn2c(N)c1Br. The molecule has 3 aromatic heterocycles. The van der Waals surface area contributed by atoms with Crippen LogP contribution in [0.1, 0.15) is 18.5 Å². The second-order valence-electron chi connectivity index (χ2n) is 4.78. The van der Waals surface area contributed by atoms with Gasteiger partial charge in [-0.1, -0.05) is 0 Å². The summed E-state index contributed by atoms with van der Waals surface area (Å²) in [6.45, 7) is 0.683. The number of fused-ring (bicyclic) bond motifs is 1. The summed E-state index contributed by atoms with van der Waals surface area (Å²) in [7, 11) is 0. The monoisotopic (exact) mass is 349 g/mol. The van der Waals surface area contributed by atoms with Crippen molar-refractivity contribution in [2.24, 2.45) is 5.73 Å². The summed E-state index contributed by atoms with van der Waals surface area (Å²) in [5, 5.41) is 11.1. The zero-order chi connectivity index (χ0) is 14.8. The number of nitrogens with two attached hydrogens (primary N) is 2. The fraction of sp³-hybridized carbons (Fsp3) is 0.308. The number of nitrogen functional groups attached to an aromatic ring is 1. The molecule has 5 N–H and O–H groups in total. The van der Waals surface area contributed by atoms with Crippen LogP contribution in [0, 0.1) is 0 Å². The maximum atomic E-state index is 6.16. The lowest BCUT2D eigenvalue weighted by atomic mass is 10.1. The molecule has 3 rings (SSSR count). The molecule has 8 heteroatoms. The van der Waals surface area contributed by atoms with Crippen LogP contribution in [0.2, 0.25) is 0 Å². The summed E-state index contributed by atoms with van der Waals surface area (Å²) in [5.74, 6) is 0.553. The Morgan fingerprint density at radius 3 is 2.86 bits per heavy atom. The number of rotatable bonds is 5. The lowest BCUT2D eigenvalue weighted by molar-refractivity contribution is 0.729. The molecule has 0 aromatic carbocycles. The third-order valence-corrected chi connectivity index (χ3v) is 4.23. The number of halogens is 1. The van der Waals surface area contributed by atoms with E-state index >= 15 is 0 Å². The van der Waals surface area contributed by atoms with Crippen LogP contribution >= 0.6 is 15.9 Å². The van der Waals surface area contributed by atoms with Crippen molar-refractivity contribution in [3.8, 4) is 11.1 Å². The van der Waals surface area contributed by atoms with Gasteiger partial charge in [0.2, 0.25) is 0 Å². The number of anilines is 1. The first kappa shape index (κ1) is 14.0. The van der Waals surface area contributed by atoms with E-state index in [9.17, 15) is 0 Å².